The van der Waals surface area contributed by atoms with Gasteiger partial charge in [-0.15, -0.1) is 4.09 Å². The lowest BCUT2D eigenvalue weighted by atomic mass is 10.2. The number of ether oxygens (including phenoxy) is 1. The Hall–Kier alpha value is -3.32. The first-order valence-electron chi connectivity index (χ1n) is 12.0. The standard InChI is InChI=1S/C23H27FN8O3S/c1-13(2)26-22-27-18-10-15(24)4-7-19(18)31(22)23-28-20(30-8-9-35-12-14(30)3)17-11-25-32(21(17)29-23)36(33,34)16-5-6-16/h4,7,10-11,13-14,16H,5-6,8-9,12H2,1-3H3,(H,26,27). The molecule has 1 aliphatic heterocycles. The SMILES string of the molecule is CC(C)Nc1nc2cc(F)ccc2n1-c1nc(N2CCOCC2C)c2cnn(S(=O)(=O)C3CC3)c2n1. The molecular formula is C23H27FN8O3S. The van der Waals surface area contributed by atoms with E-state index in [4.69, 9.17) is 14.7 Å². The molecule has 36 heavy (non-hydrogen) atoms. The number of morpholine rings is 1. The van der Waals surface area contributed by atoms with Gasteiger partial charge in [0.25, 0.3) is 10.0 Å². The third kappa shape index (κ3) is 3.77. The van der Waals surface area contributed by atoms with Crippen molar-refractivity contribution in [1.82, 2.24) is 28.7 Å². The maximum atomic E-state index is 14.0. The van der Waals surface area contributed by atoms with Crippen LogP contribution in [0.2, 0.25) is 0 Å². The molecule has 1 unspecified atom stereocenters. The van der Waals surface area contributed by atoms with Crippen LogP contribution in [0.1, 0.15) is 33.6 Å². The summed E-state index contributed by atoms with van der Waals surface area (Å²) in [5.41, 5.74) is 1.23. The molecule has 3 aromatic heterocycles. The van der Waals surface area contributed by atoms with E-state index in [-0.39, 0.29) is 23.7 Å². The predicted octanol–water partition coefficient (Wildman–Crippen LogP) is 2.69. The number of imidazole rings is 1. The molecule has 1 atom stereocenters. The predicted molar refractivity (Wildman–Crippen MR) is 134 cm³/mol. The van der Waals surface area contributed by atoms with Crippen LogP contribution in [-0.2, 0) is 14.8 Å². The van der Waals surface area contributed by atoms with Crippen LogP contribution in [0.15, 0.2) is 24.4 Å². The van der Waals surface area contributed by atoms with Gasteiger partial charge < -0.3 is 15.0 Å². The highest BCUT2D eigenvalue weighted by molar-refractivity contribution is 7.90. The third-order valence-electron chi connectivity index (χ3n) is 6.43. The van der Waals surface area contributed by atoms with Gasteiger partial charge in [-0.1, -0.05) is 0 Å². The van der Waals surface area contributed by atoms with Crippen LogP contribution in [0.3, 0.4) is 0 Å². The highest BCUT2D eigenvalue weighted by Crippen LogP contribution is 2.34. The summed E-state index contributed by atoms with van der Waals surface area (Å²) < 4.78 is 48.8. The lowest BCUT2D eigenvalue weighted by molar-refractivity contribution is 0.0987. The number of hydrogen-bond donors (Lipinski definition) is 1. The Labute approximate surface area is 207 Å². The highest BCUT2D eigenvalue weighted by atomic mass is 32.2. The van der Waals surface area contributed by atoms with Gasteiger partial charge in [0.05, 0.1) is 47.1 Å². The molecule has 13 heteroatoms. The maximum Gasteiger partial charge on any atom is 0.258 e. The minimum Gasteiger partial charge on any atom is -0.377 e. The van der Waals surface area contributed by atoms with Crippen molar-refractivity contribution >= 4 is 43.9 Å². The Morgan fingerprint density at radius 3 is 2.72 bits per heavy atom. The van der Waals surface area contributed by atoms with E-state index in [1.165, 1.54) is 18.3 Å². The fourth-order valence-corrected chi connectivity index (χ4v) is 6.10. The molecule has 11 nitrogen and oxygen atoms in total. The Morgan fingerprint density at radius 1 is 1.19 bits per heavy atom. The fourth-order valence-electron chi connectivity index (χ4n) is 4.53. The molecule has 6 rings (SSSR count). The van der Waals surface area contributed by atoms with Crippen LogP contribution in [0.4, 0.5) is 16.2 Å². The second kappa shape index (κ2) is 8.37. The molecule has 2 aliphatic rings. The molecule has 1 saturated heterocycles. The van der Waals surface area contributed by atoms with Crippen molar-refractivity contribution in [1.29, 1.82) is 0 Å². The van der Waals surface area contributed by atoms with Crippen molar-refractivity contribution in [3.05, 3.63) is 30.2 Å². The Morgan fingerprint density at radius 2 is 2.00 bits per heavy atom. The number of halogens is 1. The number of nitrogens with one attached hydrogen (secondary N) is 1. The van der Waals surface area contributed by atoms with E-state index in [1.807, 2.05) is 20.8 Å². The summed E-state index contributed by atoms with van der Waals surface area (Å²) in [6.45, 7) is 7.58. The number of anilines is 2. The number of fused-ring (bicyclic) bond motifs is 2. The summed E-state index contributed by atoms with van der Waals surface area (Å²) in [6, 6.07) is 4.35. The minimum absolute atomic E-state index is 0.00924. The average molecular weight is 515 g/mol. The van der Waals surface area contributed by atoms with Gasteiger partial charge in [0.15, 0.2) is 5.65 Å². The van der Waals surface area contributed by atoms with E-state index in [0.29, 0.717) is 60.8 Å². The molecule has 1 saturated carbocycles. The summed E-state index contributed by atoms with van der Waals surface area (Å²) in [5.74, 6) is 0.821. The molecule has 0 amide bonds. The lowest BCUT2D eigenvalue weighted by Gasteiger charge is -2.34. The van der Waals surface area contributed by atoms with E-state index in [9.17, 15) is 12.8 Å². The molecule has 1 N–H and O–H groups in total. The Bertz CT molecular complexity index is 1580. The van der Waals surface area contributed by atoms with E-state index < -0.39 is 21.1 Å². The first-order chi connectivity index (χ1) is 17.2. The quantitative estimate of drug-likeness (QED) is 0.414. The van der Waals surface area contributed by atoms with Gasteiger partial charge in [-0.25, -0.2) is 22.4 Å². The van der Waals surface area contributed by atoms with Crippen LogP contribution >= 0.6 is 0 Å². The zero-order valence-electron chi connectivity index (χ0n) is 20.2. The van der Waals surface area contributed by atoms with Crippen LogP contribution < -0.4 is 10.2 Å². The van der Waals surface area contributed by atoms with E-state index >= 15 is 0 Å². The van der Waals surface area contributed by atoms with Crippen LogP contribution in [-0.4, -0.2) is 74.2 Å². The Kier molecular flexibility index (Phi) is 5.37. The monoisotopic (exact) mass is 514 g/mol. The highest BCUT2D eigenvalue weighted by Gasteiger charge is 2.39. The zero-order valence-corrected chi connectivity index (χ0v) is 21.0. The van der Waals surface area contributed by atoms with Crippen LogP contribution in [0.5, 0.6) is 0 Å². The van der Waals surface area contributed by atoms with E-state index in [0.717, 1.165) is 4.09 Å². The summed E-state index contributed by atoms with van der Waals surface area (Å²) >= 11 is 0. The first-order valence-corrected chi connectivity index (χ1v) is 13.5. The molecule has 0 spiro atoms. The number of nitrogens with zero attached hydrogens (tertiary/aromatic N) is 7. The zero-order chi connectivity index (χ0) is 25.2. The van der Waals surface area contributed by atoms with Crippen molar-refractivity contribution in [3.8, 4) is 5.95 Å². The topological polar surface area (TPSA) is 120 Å². The van der Waals surface area contributed by atoms with Crippen molar-refractivity contribution < 1.29 is 17.5 Å². The number of rotatable bonds is 6. The van der Waals surface area contributed by atoms with Gasteiger partial charge in [0.2, 0.25) is 11.9 Å². The summed E-state index contributed by atoms with van der Waals surface area (Å²) in [5, 5.41) is 7.62. The van der Waals surface area contributed by atoms with Gasteiger partial charge in [-0.3, -0.25) is 0 Å². The molecule has 1 aromatic carbocycles. The molecule has 4 aromatic rings. The molecule has 1 aliphatic carbocycles. The second-order valence-corrected chi connectivity index (χ2v) is 11.7. The smallest absolute Gasteiger partial charge is 0.258 e. The van der Waals surface area contributed by atoms with Crippen LogP contribution in [0.25, 0.3) is 28.0 Å². The lowest BCUT2D eigenvalue weighted by Crippen LogP contribution is -2.44. The molecular weight excluding hydrogens is 487 g/mol. The van der Waals surface area contributed by atoms with Gasteiger partial charge in [-0.05, 0) is 45.7 Å². The average Bonchev–Trinajstić information content (AvgIpc) is 3.51. The maximum absolute atomic E-state index is 14.0. The molecule has 2 fully saturated rings. The van der Waals surface area contributed by atoms with E-state index in [2.05, 4.69) is 20.3 Å². The van der Waals surface area contributed by atoms with Crippen molar-refractivity contribution in [2.24, 2.45) is 0 Å². The first kappa shape index (κ1) is 23.1. The van der Waals surface area contributed by atoms with Gasteiger partial charge in [-0.2, -0.15) is 15.1 Å². The minimum atomic E-state index is -3.69. The summed E-state index contributed by atoms with van der Waals surface area (Å²) in [7, 11) is -3.69. The molecule has 0 radical (unpaired) electrons. The number of benzene rings is 1. The van der Waals surface area contributed by atoms with Crippen LogP contribution in [0, 0.1) is 5.82 Å². The van der Waals surface area contributed by atoms with Gasteiger partial charge in [0, 0.05) is 18.7 Å². The Balaban J connectivity index is 1.64. The normalized spacial score (nSPS) is 19.0. The molecule has 190 valence electrons. The number of hydrogen-bond acceptors (Lipinski definition) is 9. The van der Waals surface area contributed by atoms with Gasteiger partial charge >= 0.3 is 0 Å². The number of aromatic nitrogens is 6. The van der Waals surface area contributed by atoms with Gasteiger partial charge in [0.1, 0.15) is 11.6 Å². The summed E-state index contributed by atoms with van der Waals surface area (Å²) in [6.07, 6.45) is 2.73. The van der Waals surface area contributed by atoms with E-state index in [1.54, 1.807) is 10.6 Å². The fraction of sp³-hybridized carbons (Fsp3) is 0.478. The summed E-state index contributed by atoms with van der Waals surface area (Å²) in [4.78, 5) is 16.3. The molecule has 4 heterocycles. The van der Waals surface area contributed by atoms with Crippen molar-refractivity contribution in [2.75, 3.05) is 30.0 Å². The largest absolute Gasteiger partial charge is 0.377 e. The third-order valence-corrected chi connectivity index (χ3v) is 8.49. The second-order valence-electron chi connectivity index (χ2n) is 9.64. The molecule has 0 bridgehead atoms. The van der Waals surface area contributed by atoms with Crippen molar-refractivity contribution in [2.45, 2.75) is 50.9 Å². The van der Waals surface area contributed by atoms with Crippen molar-refractivity contribution in [3.63, 3.8) is 0 Å².